The van der Waals surface area contributed by atoms with Crippen LogP contribution in [0.2, 0.25) is 0 Å². The SMILES string of the molecule is CN(Cc1csc(Br)c1)C(=O)c1ccc(F)cc1Br. The van der Waals surface area contributed by atoms with Crippen molar-refractivity contribution in [3.05, 3.63) is 54.8 Å². The summed E-state index contributed by atoms with van der Waals surface area (Å²) in [5.74, 6) is -0.512. The van der Waals surface area contributed by atoms with E-state index in [-0.39, 0.29) is 11.7 Å². The van der Waals surface area contributed by atoms with Gasteiger partial charge in [0.15, 0.2) is 0 Å². The number of nitrogens with zero attached hydrogens (tertiary/aromatic N) is 1. The van der Waals surface area contributed by atoms with Crippen molar-refractivity contribution in [2.45, 2.75) is 6.54 Å². The average Bonchev–Trinajstić information content (AvgIpc) is 2.74. The van der Waals surface area contributed by atoms with E-state index in [1.807, 2.05) is 11.4 Å². The molecule has 0 aliphatic heterocycles. The van der Waals surface area contributed by atoms with Crippen LogP contribution >= 0.6 is 43.2 Å². The summed E-state index contributed by atoms with van der Waals surface area (Å²) >= 11 is 8.18. The number of rotatable bonds is 3. The maximum atomic E-state index is 13.0. The first-order valence-corrected chi connectivity index (χ1v) is 7.87. The molecule has 0 saturated carbocycles. The van der Waals surface area contributed by atoms with Crippen molar-refractivity contribution in [2.24, 2.45) is 0 Å². The number of halogens is 3. The van der Waals surface area contributed by atoms with E-state index in [1.54, 1.807) is 23.3 Å². The lowest BCUT2D eigenvalue weighted by atomic mass is 10.2. The molecular weight excluding hydrogens is 397 g/mol. The van der Waals surface area contributed by atoms with E-state index in [9.17, 15) is 9.18 Å². The van der Waals surface area contributed by atoms with Crippen molar-refractivity contribution in [2.75, 3.05) is 7.05 Å². The quantitative estimate of drug-likeness (QED) is 0.724. The van der Waals surface area contributed by atoms with Crippen LogP contribution in [0.4, 0.5) is 4.39 Å². The van der Waals surface area contributed by atoms with E-state index < -0.39 is 0 Å². The van der Waals surface area contributed by atoms with Crippen molar-refractivity contribution in [1.82, 2.24) is 4.90 Å². The van der Waals surface area contributed by atoms with E-state index in [0.29, 0.717) is 16.6 Å². The third kappa shape index (κ3) is 3.64. The van der Waals surface area contributed by atoms with Gasteiger partial charge in [-0.2, -0.15) is 0 Å². The van der Waals surface area contributed by atoms with Gasteiger partial charge in [-0.15, -0.1) is 11.3 Å². The van der Waals surface area contributed by atoms with Crippen molar-refractivity contribution in [3.63, 3.8) is 0 Å². The Bertz CT molecular complexity index is 614. The molecule has 1 aromatic carbocycles. The zero-order chi connectivity index (χ0) is 14.0. The molecule has 100 valence electrons. The normalized spacial score (nSPS) is 10.5. The third-order valence-corrected chi connectivity index (χ3v) is 4.76. The van der Waals surface area contributed by atoms with E-state index in [0.717, 1.165) is 9.35 Å². The highest BCUT2D eigenvalue weighted by Crippen LogP contribution is 2.23. The minimum atomic E-state index is -0.368. The molecule has 1 aromatic heterocycles. The van der Waals surface area contributed by atoms with Crippen molar-refractivity contribution in [3.8, 4) is 0 Å². The molecule has 0 bridgehead atoms. The number of carbonyl (C=O) groups excluding carboxylic acids is 1. The van der Waals surface area contributed by atoms with Gasteiger partial charge >= 0.3 is 0 Å². The Morgan fingerprint density at radius 1 is 1.37 bits per heavy atom. The van der Waals surface area contributed by atoms with Crippen molar-refractivity contribution in [1.29, 1.82) is 0 Å². The highest BCUT2D eigenvalue weighted by atomic mass is 79.9. The maximum Gasteiger partial charge on any atom is 0.255 e. The fraction of sp³-hybridized carbons (Fsp3) is 0.154. The Kier molecular flexibility index (Phi) is 4.76. The molecule has 2 aromatic rings. The van der Waals surface area contributed by atoms with Gasteiger partial charge in [0.25, 0.3) is 5.91 Å². The van der Waals surface area contributed by atoms with E-state index in [1.165, 1.54) is 18.2 Å². The molecule has 0 fully saturated rings. The number of hydrogen-bond donors (Lipinski definition) is 0. The predicted octanol–water partition coefficient (Wildman–Crippen LogP) is 4.68. The molecule has 0 N–H and O–H groups in total. The number of thiophene rings is 1. The summed E-state index contributed by atoms with van der Waals surface area (Å²) in [6.45, 7) is 0.519. The molecule has 1 heterocycles. The number of benzene rings is 1. The highest BCUT2D eigenvalue weighted by Gasteiger charge is 2.16. The minimum Gasteiger partial charge on any atom is -0.337 e. The number of amides is 1. The lowest BCUT2D eigenvalue weighted by Gasteiger charge is -2.17. The summed E-state index contributed by atoms with van der Waals surface area (Å²) < 4.78 is 14.5. The summed E-state index contributed by atoms with van der Waals surface area (Å²) in [5.41, 5.74) is 1.52. The molecule has 0 saturated heterocycles. The molecule has 2 nitrogen and oxygen atoms in total. The zero-order valence-corrected chi connectivity index (χ0v) is 14.0. The van der Waals surface area contributed by atoms with Crippen LogP contribution in [0.25, 0.3) is 0 Å². The summed E-state index contributed by atoms with van der Waals surface area (Å²) in [6.07, 6.45) is 0. The second-order valence-electron chi connectivity index (χ2n) is 4.04. The Morgan fingerprint density at radius 3 is 2.68 bits per heavy atom. The molecule has 0 spiro atoms. The van der Waals surface area contributed by atoms with Gasteiger partial charge in [-0.25, -0.2) is 4.39 Å². The fourth-order valence-electron chi connectivity index (χ4n) is 1.64. The Morgan fingerprint density at radius 2 is 2.11 bits per heavy atom. The number of hydrogen-bond acceptors (Lipinski definition) is 2. The van der Waals surface area contributed by atoms with Gasteiger partial charge in [0.2, 0.25) is 0 Å². The summed E-state index contributed by atoms with van der Waals surface area (Å²) in [5, 5.41) is 1.99. The molecule has 0 aliphatic carbocycles. The Labute approximate surface area is 131 Å². The first-order valence-electron chi connectivity index (χ1n) is 5.41. The smallest absolute Gasteiger partial charge is 0.255 e. The van der Waals surface area contributed by atoms with Gasteiger partial charge in [0.05, 0.1) is 9.35 Å². The second kappa shape index (κ2) is 6.15. The van der Waals surface area contributed by atoms with Crippen molar-refractivity contribution >= 4 is 49.1 Å². The van der Waals surface area contributed by atoms with Crippen LogP contribution in [-0.2, 0) is 6.54 Å². The number of carbonyl (C=O) groups is 1. The van der Waals surface area contributed by atoms with Crippen LogP contribution in [0.15, 0.2) is 37.9 Å². The molecule has 2 rings (SSSR count). The first-order chi connectivity index (χ1) is 8.97. The summed E-state index contributed by atoms with van der Waals surface area (Å²) in [6, 6.07) is 6.05. The minimum absolute atomic E-state index is 0.144. The molecule has 0 aliphatic rings. The third-order valence-electron chi connectivity index (χ3n) is 2.55. The van der Waals surface area contributed by atoms with Crippen LogP contribution in [0.5, 0.6) is 0 Å². The first kappa shape index (κ1) is 14.7. The lowest BCUT2D eigenvalue weighted by molar-refractivity contribution is 0.0784. The molecule has 0 radical (unpaired) electrons. The second-order valence-corrected chi connectivity index (χ2v) is 7.19. The lowest BCUT2D eigenvalue weighted by Crippen LogP contribution is -2.26. The van der Waals surface area contributed by atoms with E-state index >= 15 is 0 Å². The zero-order valence-electron chi connectivity index (χ0n) is 9.99. The molecular formula is C13H10Br2FNOS. The molecule has 6 heteroatoms. The van der Waals surface area contributed by atoms with Crippen LogP contribution in [0, 0.1) is 5.82 Å². The summed E-state index contributed by atoms with van der Waals surface area (Å²) in [4.78, 5) is 13.9. The predicted molar refractivity (Wildman–Crippen MR) is 81.9 cm³/mol. The van der Waals surface area contributed by atoms with Crippen LogP contribution in [0.1, 0.15) is 15.9 Å². The summed E-state index contributed by atoms with van der Waals surface area (Å²) in [7, 11) is 1.73. The topological polar surface area (TPSA) is 20.3 Å². The molecule has 19 heavy (non-hydrogen) atoms. The largest absolute Gasteiger partial charge is 0.337 e. The van der Waals surface area contributed by atoms with Crippen LogP contribution in [-0.4, -0.2) is 17.9 Å². The molecule has 0 atom stereocenters. The monoisotopic (exact) mass is 405 g/mol. The Balaban J connectivity index is 2.14. The molecule has 0 unspecified atom stereocenters. The fourth-order valence-corrected chi connectivity index (χ4v) is 3.36. The van der Waals surface area contributed by atoms with E-state index in [4.69, 9.17) is 0 Å². The van der Waals surface area contributed by atoms with Gasteiger partial charge < -0.3 is 4.90 Å². The van der Waals surface area contributed by atoms with Crippen molar-refractivity contribution < 1.29 is 9.18 Å². The Hall–Kier alpha value is -0.720. The van der Waals surface area contributed by atoms with Gasteiger partial charge in [-0.3, -0.25) is 4.79 Å². The van der Waals surface area contributed by atoms with Gasteiger partial charge in [-0.05, 0) is 67.1 Å². The van der Waals surface area contributed by atoms with Gasteiger partial charge in [0.1, 0.15) is 5.82 Å². The highest BCUT2D eigenvalue weighted by molar-refractivity contribution is 9.11. The van der Waals surface area contributed by atoms with Gasteiger partial charge in [-0.1, -0.05) is 0 Å². The van der Waals surface area contributed by atoms with Gasteiger partial charge in [0, 0.05) is 18.1 Å². The molecule has 1 amide bonds. The van der Waals surface area contributed by atoms with Crippen LogP contribution in [0.3, 0.4) is 0 Å². The maximum absolute atomic E-state index is 13.0. The van der Waals surface area contributed by atoms with Crippen LogP contribution < -0.4 is 0 Å². The average molecular weight is 407 g/mol. The standard InChI is InChI=1S/C13H10Br2FNOS/c1-17(6-8-4-12(15)19-7-8)13(18)10-3-2-9(16)5-11(10)14/h2-5,7H,6H2,1H3. The van der Waals surface area contributed by atoms with E-state index in [2.05, 4.69) is 31.9 Å².